The molecule has 3 aromatic carbocycles. The number of hydrogen-bond acceptors (Lipinski definition) is 14. The van der Waals surface area contributed by atoms with Crippen LogP contribution in [0.25, 0.3) is 10.9 Å². The Labute approximate surface area is 421 Å². The maximum atomic E-state index is 14.8. The average Bonchev–Trinajstić information content (AvgIpc) is 3.91. The van der Waals surface area contributed by atoms with Crippen LogP contribution in [-0.4, -0.2) is 121 Å². The highest BCUT2D eigenvalue weighted by Crippen LogP contribution is 2.46. The topological polar surface area (TPSA) is 182 Å². The summed E-state index contributed by atoms with van der Waals surface area (Å²) in [6.45, 7) is 13.9. The molecule has 372 valence electrons. The predicted molar refractivity (Wildman–Crippen MR) is 277 cm³/mol. The number of likely N-dealkylation sites (tertiary alicyclic amines) is 1. The van der Waals surface area contributed by atoms with Crippen LogP contribution in [0, 0.1) is 24.1 Å². The zero-order valence-electron chi connectivity index (χ0n) is 40.7. The number of nitrogens with zero attached hydrogens (tertiary/aromatic N) is 7. The number of halogens is 2. The second kappa shape index (κ2) is 19.2. The Morgan fingerprint density at radius 2 is 1.63 bits per heavy atom. The van der Waals surface area contributed by atoms with E-state index in [0.717, 1.165) is 87.8 Å². The first-order valence-electron chi connectivity index (χ1n) is 24.5. The molecule has 2 atom stereocenters. The fourth-order valence-corrected chi connectivity index (χ4v) is 13.1. The second-order valence-corrected chi connectivity index (χ2v) is 24.2. The zero-order valence-corrected chi connectivity index (χ0v) is 43.2. The third kappa shape index (κ3) is 9.50. The second-order valence-electron chi connectivity index (χ2n) is 20.2. The van der Waals surface area contributed by atoms with E-state index in [-0.39, 0.29) is 18.5 Å². The van der Waals surface area contributed by atoms with E-state index in [1.165, 1.54) is 30.2 Å². The molecule has 71 heavy (non-hydrogen) atoms. The number of ether oxygens (including phenoxy) is 1. The van der Waals surface area contributed by atoms with Crippen molar-refractivity contribution in [3.8, 4) is 5.75 Å². The maximum absolute atomic E-state index is 14.8. The van der Waals surface area contributed by atoms with E-state index in [0.29, 0.717) is 66.3 Å². The van der Waals surface area contributed by atoms with Gasteiger partial charge in [0.25, 0.3) is 11.8 Å². The predicted octanol–water partition coefficient (Wildman–Crippen LogP) is 8.15. The van der Waals surface area contributed by atoms with Crippen LogP contribution in [0.3, 0.4) is 0 Å². The lowest BCUT2D eigenvalue weighted by Crippen LogP contribution is -2.54. The lowest BCUT2D eigenvalue weighted by atomic mass is 9.71. The van der Waals surface area contributed by atoms with Gasteiger partial charge in [0.15, 0.2) is 0 Å². The van der Waals surface area contributed by atoms with E-state index in [9.17, 15) is 28.1 Å². The van der Waals surface area contributed by atoms with Crippen molar-refractivity contribution in [1.29, 1.82) is 0 Å². The van der Waals surface area contributed by atoms with Gasteiger partial charge in [0.05, 0.1) is 45.3 Å². The number of benzene rings is 3. The molecule has 16 nitrogen and oxygen atoms in total. The highest BCUT2D eigenvalue weighted by atomic mass is 79.9. The Hall–Kier alpha value is -5.97. The number of amides is 4. The van der Waals surface area contributed by atoms with Crippen LogP contribution in [0.1, 0.15) is 83.8 Å². The first kappa shape index (κ1) is 48.6. The number of pyridine rings is 1. The molecule has 0 bridgehead atoms. The normalized spacial score (nSPS) is 20.5. The monoisotopic (exact) mass is 1050 g/mol. The zero-order chi connectivity index (χ0) is 49.9. The van der Waals surface area contributed by atoms with E-state index < -0.39 is 42.6 Å². The van der Waals surface area contributed by atoms with E-state index in [1.807, 2.05) is 6.07 Å². The van der Waals surface area contributed by atoms with Crippen LogP contribution in [-0.2, 0) is 20.6 Å². The van der Waals surface area contributed by atoms with E-state index >= 15 is 0 Å². The number of anilines is 6. The molecule has 7 heterocycles. The number of carbonyl (C=O) groups is 4. The molecule has 0 saturated carbocycles. The summed E-state index contributed by atoms with van der Waals surface area (Å²) >= 11 is 3.58. The minimum absolute atomic E-state index is 0.0907. The molecule has 0 radical (unpaired) electrons. The number of aromatic nitrogens is 3. The van der Waals surface area contributed by atoms with Crippen molar-refractivity contribution in [2.45, 2.75) is 71.3 Å². The molecule has 0 aliphatic carbocycles. The van der Waals surface area contributed by atoms with Crippen molar-refractivity contribution in [2.75, 3.05) is 86.7 Å². The summed E-state index contributed by atoms with van der Waals surface area (Å²) in [7, 11) is -1.26. The molecule has 5 aromatic rings. The Morgan fingerprint density at radius 3 is 2.35 bits per heavy atom. The quantitative estimate of drug-likeness (QED) is 0.0804. The van der Waals surface area contributed by atoms with Crippen molar-refractivity contribution in [3.05, 3.63) is 87.4 Å². The van der Waals surface area contributed by atoms with Gasteiger partial charge in [0.2, 0.25) is 17.8 Å². The number of aryl methyl sites for hydroxylation is 2. The largest absolute Gasteiger partial charge is 0.494 e. The number of rotatable bonds is 12. The summed E-state index contributed by atoms with van der Waals surface area (Å²) in [5, 5.41) is 9.98. The van der Waals surface area contributed by atoms with E-state index in [4.69, 9.17) is 9.72 Å². The Kier molecular flexibility index (Phi) is 13.2. The van der Waals surface area contributed by atoms with Crippen LogP contribution >= 0.6 is 23.1 Å². The van der Waals surface area contributed by atoms with Crippen molar-refractivity contribution in [3.63, 3.8) is 0 Å². The first-order chi connectivity index (χ1) is 34.0. The highest BCUT2D eigenvalue weighted by Gasteiger charge is 2.45. The molecule has 10 rings (SSSR count). The maximum Gasteiger partial charge on any atom is 0.262 e. The summed E-state index contributed by atoms with van der Waals surface area (Å²) < 4.78 is 35.0. The van der Waals surface area contributed by atoms with Gasteiger partial charge in [0.1, 0.15) is 30.6 Å². The molecule has 2 aromatic heterocycles. The fraction of sp³-hybridized carbons (Fsp3) is 0.442. The van der Waals surface area contributed by atoms with Crippen molar-refractivity contribution in [1.82, 2.24) is 30.1 Å². The van der Waals surface area contributed by atoms with Gasteiger partial charge in [-0.15, -0.1) is 0 Å². The molecule has 5 aliphatic heterocycles. The number of methoxy groups -OCH3 is 1. The van der Waals surface area contributed by atoms with Gasteiger partial charge in [-0.3, -0.25) is 34.4 Å². The third-order valence-corrected chi connectivity index (χ3v) is 17.5. The number of nitrogens with one attached hydrogen (secondary N) is 3. The Morgan fingerprint density at radius 1 is 0.887 bits per heavy atom. The van der Waals surface area contributed by atoms with Gasteiger partial charge in [-0.1, -0.05) is 6.92 Å². The molecule has 5 aliphatic rings. The van der Waals surface area contributed by atoms with Gasteiger partial charge in [0, 0.05) is 73.5 Å². The molecule has 4 amide bonds. The van der Waals surface area contributed by atoms with Crippen LogP contribution < -0.4 is 35.8 Å². The minimum atomic E-state index is -2.92. The summed E-state index contributed by atoms with van der Waals surface area (Å²) in [6, 6.07) is 13.7. The first-order valence-corrected chi connectivity index (χ1v) is 27.9. The van der Waals surface area contributed by atoms with Crippen LogP contribution in [0.2, 0.25) is 0 Å². The molecule has 1 spiro atoms. The smallest absolute Gasteiger partial charge is 0.262 e. The fourth-order valence-electron chi connectivity index (χ4n) is 11.4. The van der Waals surface area contributed by atoms with Gasteiger partial charge in [-0.05, 0) is 154 Å². The standard InChI is InChI=1S/C52H59BrFN10O6P/c1-6-32-23-41(58-51-55-27-37(53)47(60-51)57-40-10-9-39-36(46(40)71(4,5)69)25-38(54)30(2)56-39)44(70-3)26-43(32)62-21-16-52(17-22-62)14-19-61(20-15-52)28-31-13-18-63(29-31)33-7-8-34-35(24-33)50(68)64(49(34)67)42-11-12-45(65)59-48(42)66/h7-10,23-27,31,42H,6,11-22,28-29H2,1-5H3,(H,59,65,66)(H2,55,57,58,60)/t31-,42?/m0/s1. The van der Waals surface area contributed by atoms with Crippen LogP contribution in [0.4, 0.5) is 38.9 Å². The molecule has 3 N–H and O–H groups in total. The number of fused-ring (bicyclic) bond motifs is 2. The summed E-state index contributed by atoms with van der Waals surface area (Å²) in [5.74, 6) is -0.477. The van der Waals surface area contributed by atoms with Crippen LogP contribution in [0.5, 0.6) is 5.75 Å². The van der Waals surface area contributed by atoms with Gasteiger partial charge in [-0.25, -0.2) is 9.37 Å². The van der Waals surface area contributed by atoms with Gasteiger partial charge < -0.3 is 34.6 Å². The highest BCUT2D eigenvalue weighted by molar-refractivity contribution is 9.10. The van der Waals surface area contributed by atoms with E-state index in [1.54, 1.807) is 57.8 Å². The SMILES string of the molecule is CCc1cc(Nc2ncc(Br)c(Nc3ccc4nc(C)c(F)cc4c3P(C)(C)=O)n2)c(OC)cc1N1CCC2(CCN(C[C@@H]3CCN(c4ccc5c(c4)C(=O)N(C4CCC(=O)NC4=O)C5=O)C3)CC2)CC1. The molecule has 4 saturated heterocycles. The molecule has 1 unspecified atom stereocenters. The molecular formula is C52H59BrFN10O6P. The third-order valence-electron chi connectivity index (χ3n) is 15.3. The van der Waals surface area contributed by atoms with Crippen LogP contribution in [0.15, 0.2) is 59.2 Å². The minimum Gasteiger partial charge on any atom is -0.494 e. The average molecular weight is 1050 g/mol. The Balaban J connectivity index is 0.747. The summed E-state index contributed by atoms with van der Waals surface area (Å²) in [6.07, 6.45) is 8.34. The van der Waals surface area contributed by atoms with E-state index in [2.05, 4.69) is 75.6 Å². The summed E-state index contributed by atoms with van der Waals surface area (Å²) in [5.41, 5.74) is 6.33. The number of imide groups is 2. The number of hydrogen-bond donors (Lipinski definition) is 3. The van der Waals surface area contributed by atoms with Crippen molar-refractivity contribution < 1.29 is 32.9 Å². The van der Waals surface area contributed by atoms with Crippen molar-refractivity contribution >= 4 is 97.4 Å². The lowest BCUT2D eigenvalue weighted by molar-refractivity contribution is -0.136. The Bertz CT molecular complexity index is 3040. The number of piperidine rings is 3. The lowest BCUT2D eigenvalue weighted by Gasteiger charge is -2.48. The molecule has 4 fully saturated rings. The molecule has 19 heteroatoms. The molecular weight excluding hydrogens is 991 g/mol. The van der Waals surface area contributed by atoms with Gasteiger partial charge >= 0.3 is 0 Å². The summed E-state index contributed by atoms with van der Waals surface area (Å²) in [4.78, 5) is 73.2. The number of carbonyl (C=O) groups excluding carboxylic acids is 4. The van der Waals surface area contributed by atoms with Crippen molar-refractivity contribution in [2.24, 2.45) is 11.3 Å². The van der Waals surface area contributed by atoms with Gasteiger partial charge in [-0.2, -0.15) is 4.98 Å².